The number of rotatable bonds is 6. The lowest BCUT2D eigenvalue weighted by Crippen LogP contribution is -2.10. The van der Waals surface area contributed by atoms with Crippen molar-refractivity contribution in [3.05, 3.63) is 47.2 Å². The molecule has 0 saturated heterocycles. The van der Waals surface area contributed by atoms with Gasteiger partial charge in [-0.2, -0.15) is 10.9 Å². The van der Waals surface area contributed by atoms with Gasteiger partial charge in [-0.25, -0.2) is 0 Å². The first kappa shape index (κ1) is 13.1. The van der Waals surface area contributed by atoms with Gasteiger partial charge in [0.1, 0.15) is 11.5 Å². The lowest BCUT2D eigenvalue weighted by atomic mass is 10.3. The summed E-state index contributed by atoms with van der Waals surface area (Å²) >= 11 is 0. The van der Waals surface area contributed by atoms with Crippen LogP contribution in [0.2, 0.25) is 0 Å². The second-order valence-electron chi connectivity index (χ2n) is 3.92. The topological polar surface area (TPSA) is 38.7 Å². The van der Waals surface area contributed by atoms with Gasteiger partial charge in [-0.3, -0.25) is 0 Å². The minimum atomic E-state index is -0.500. The number of ether oxygens (including phenoxy) is 2. The van der Waals surface area contributed by atoms with E-state index in [0.717, 1.165) is 11.5 Å². The van der Waals surface area contributed by atoms with Gasteiger partial charge in [0.25, 0.3) is 0 Å². The Morgan fingerprint density at radius 2 is 1.72 bits per heavy atom. The molecule has 0 saturated carbocycles. The van der Waals surface area contributed by atoms with Crippen LogP contribution >= 0.6 is 10.9 Å². The van der Waals surface area contributed by atoms with Crippen molar-refractivity contribution in [1.82, 2.24) is 0 Å². The molecule has 1 aromatic rings. The molecule has 0 radical (unpaired) electrons. The molecule has 4 heteroatoms. The van der Waals surface area contributed by atoms with Crippen LogP contribution in [0.25, 0.3) is 0 Å². The summed E-state index contributed by atoms with van der Waals surface area (Å²) in [6.07, 6.45) is 4.62. The van der Waals surface area contributed by atoms with Gasteiger partial charge in [-0.15, -0.1) is 0 Å². The van der Waals surface area contributed by atoms with Crippen molar-refractivity contribution in [3.8, 4) is 11.5 Å². The zero-order chi connectivity index (χ0) is 12.8. The van der Waals surface area contributed by atoms with E-state index < -0.39 is 10.9 Å². The van der Waals surface area contributed by atoms with E-state index in [2.05, 4.69) is 10.8 Å². The number of thiol groups is 1. The van der Waals surface area contributed by atoms with Gasteiger partial charge in [0, 0.05) is 6.42 Å². The first-order valence-corrected chi connectivity index (χ1v) is 7.42. The maximum Gasteiger partial charge on any atom is 0.119 e. The van der Waals surface area contributed by atoms with Crippen molar-refractivity contribution >= 4 is 10.9 Å². The molecule has 1 aromatic carbocycles. The number of hydrogen-bond acceptors (Lipinski definition) is 3. The van der Waals surface area contributed by atoms with Crippen molar-refractivity contribution in [2.24, 2.45) is 0 Å². The largest absolute Gasteiger partial charge is 0.497 e. The van der Waals surface area contributed by atoms with Gasteiger partial charge in [-0.1, -0.05) is 12.2 Å². The normalized spacial score (nSPS) is 16.9. The van der Waals surface area contributed by atoms with E-state index in [0.29, 0.717) is 13.0 Å². The van der Waals surface area contributed by atoms with E-state index in [4.69, 9.17) is 9.47 Å². The lowest BCUT2D eigenvalue weighted by molar-refractivity contribution is 0.208. The molecule has 1 aliphatic rings. The molecule has 1 N–H and O–H groups in total. The summed E-state index contributed by atoms with van der Waals surface area (Å²) in [5.74, 6) is 1.61. The number of aliphatic hydroxyl groups excluding tert-OH is 1. The molecule has 0 aliphatic carbocycles. The van der Waals surface area contributed by atoms with E-state index in [1.165, 1.54) is 0 Å². The Morgan fingerprint density at radius 1 is 1.11 bits per heavy atom. The smallest absolute Gasteiger partial charge is 0.119 e. The molecule has 2 rings (SSSR count). The van der Waals surface area contributed by atoms with Crippen molar-refractivity contribution in [2.75, 3.05) is 13.7 Å². The second kappa shape index (κ2) is 6.52. The van der Waals surface area contributed by atoms with Gasteiger partial charge in [0.2, 0.25) is 0 Å². The highest BCUT2D eigenvalue weighted by Crippen LogP contribution is 2.38. The summed E-state index contributed by atoms with van der Waals surface area (Å²) in [4.78, 5) is 0. The van der Waals surface area contributed by atoms with Gasteiger partial charge in [0.05, 0.1) is 19.2 Å². The van der Waals surface area contributed by atoms with Gasteiger partial charge in [0.15, 0.2) is 0 Å². The van der Waals surface area contributed by atoms with Crippen LogP contribution in [0.1, 0.15) is 6.42 Å². The Morgan fingerprint density at radius 3 is 2.33 bits per heavy atom. The summed E-state index contributed by atoms with van der Waals surface area (Å²) in [7, 11) is 1.14. The summed E-state index contributed by atoms with van der Waals surface area (Å²) < 4.78 is 10.7. The van der Waals surface area contributed by atoms with Crippen LogP contribution in [0.15, 0.2) is 47.2 Å². The third kappa shape index (κ3) is 3.55. The van der Waals surface area contributed by atoms with Gasteiger partial charge >= 0.3 is 0 Å². The number of aliphatic hydroxyl groups is 1. The molecule has 1 heterocycles. The lowest BCUT2D eigenvalue weighted by Gasteiger charge is -2.18. The van der Waals surface area contributed by atoms with Gasteiger partial charge in [-0.05, 0) is 35.1 Å². The molecule has 18 heavy (non-hydrogen) atoms. The van der Waals surface area contributed by atoms with Crippen LogP contribution in [0.5, 0.6) is 11.5 Å². The van der Waals surface area contributed by atoms with Crippen LogP contribution in [0.3, 0.4) is 0 Å². The Kier molecular flexibility index (Phi) is 4.73. The van der Waals surface area contributed by atoms with Gasteiger partial charge < -0.3 is 14.6 Å². The molecule has 0 bridgehead atoms. The Labute approximate surface area is 110 Å². The maximum atomic E-state index is 9.94. The molecule has 1 aliphatic heterocycles. The maximum absolute atomic E-state index is 9.94. The molecule has 1 atom stereocenters. The van der Waals surface area contributed by atoms with Crippen LogP contribution in [0.4, 0.5) is 0 Å². The van der Waals surface area contributed by atoms with E-state index in [9.17, 15) is 5.11 Å². The number of allylic oxidation sites excluding steroid dienone is 2. The standard InChI is InChI=1S/C14H18O3S/c1-16-12-4-6-13(7-5-12)17-9-8-14(15)18-10-2-3-11-18/h2-7,10-11,14-15,18H,8-9H2,1H3. The zero-order valence-electron chi connectivity index (χ0n) is 10.3. The SMILES string of the molecule is COc1ccc(OCCC(O)[SH]2C=CC=C2)cc1. The van der Waals surface area contributed by atoms with E-state index in [1.54, 1.807) is 7.11 Å². The molecular weight excluding hydrogens is 248 g/mol. The predicted octanol–water partition coefficient (Wildman–Crippen LogP) is 2.82. The quantitative estimate of drug-likeness (QED) is 0.778. The Balaban J connectivity index is 1.74. The van der Waals surface area contributed by atoms with Crippen molar-refractivity contribution < 1.29 is 14.6 Å². The summed E-state index contributed by atoms with van der Waals surface area (Å²) in [5.41, 5.74) is -0.312. The van der Waals surface area contributed by atoms with E-state index >= 15 is 0 Å². The minimum Gasteiger partial charge on any atom is -0.497 e. The fourth-order valence-corrected chi connectivity index (χ4v) is 3.15. The molecule has 0 fully saturated rings. The first-order chi connectivity index (χ1) is 8.79. The number of hydrogen-bond donors (Lipinski definition) is 2. The third-order valence-corrected chi connectivity index (χ3v) is 4.66. The summed E-state index contributed by atoms with van der Waals surface area (Å²) in [6, 6.07) is 7.45. The number of methoxy groups -OCH3 is 1. The van der Waals surface area contributed by atoms with Crippen molar-refractivity contribution in [2.45, 2.75) is 11.9 Å². The van der Waals surface area contributed by atoms with Crippen LogP contribution in [0, 0.1) is 0 Å². The van der Waals surface area contributed by atoms with Crippen molar-refractivity contribution in [1.29, 1.82) is 0 Å². The monoisotopic (exact) mass is 266 g/mol. The third-order valence-electron chi connectivity index (χ3n) is 2.68. The van der Waals surface area contributed by atoms with Crippen LogP contribution < -0.4 is 9.47 Å². The molecule has 1 unspecified atom stereocenters. The average Bonchev–Trinajstić information content (AvgIpc) is 2.93. The second-order valence-corrected chi connectivity index (χ2v) is 6.01. The first-order valence-electron chi connectivity index (χ1n) is 5.87. The average molecular weight is 266 g/mol. The highest BCUT2D eigenvalue weighted by Gasteiger charge is 2.11. The van der Waals surface area contributed by atoms with Crippen LogP contribution in [-0.4, -0.2) is 24.3 Å². The fraction of sp³-hybridized carbons (Fsp3) is 0.286. The number of benzene rings is 1. The Bertz CT molecular complexity index is 413. The summed E-state index contributed by atoms with van der Waals surface area (Å²) in [6.45, 7) is 0.522. The zero-order valence-corrected chi connectivity index (χ0v) is 11.2. The van der Waals surface area contributed by atoms with Crippen LogP contribution in [-0.2, 0) is 0 Å². The molecule has 98 valence electrons. The molecule has 0 spiro atoms. The highest BCUT2D eigenvalue weighted by atomic mass is 32.2. The fourth-order valence-electron chi connectivity index (χ4n) is 1.65. The van der Waals surface area contributed by atoms with E-state index in [-0.39, 0.29) is 5.44 Å². The van der Waals surface area contributed by atoms with E-state index in [1.807, 2.05) is 36.4 Å². The minimum absolute atomic E-state index is 0.312. The molecular formula is C14H18O3S. The summed E-state index contributed by atoms with van der Waals surface area (Å²) in [5, 5.41) is 14.1. The highest BCUT2D eigenvalue weighted by molar-refractivity contribution is 8.22. The predicted molar refractivity (Wildman–Crippen MR) is 76.4 cm³/mol. The molecule has 3 nitrogen and oxygen atoms in total. The molecule has 0 aromatic heterocycles. The van der Waals surface area contributed by atoms with Crippen molar-refractivity contribution in [3.63, 3.8) is 0 Å². The Hall–Kier alpha value is -1.39. The molecule has 0 amide bonds.